The summed E-state index contributed by atoms with van der Waals surface area (Å²) in [4.78, 5) is 37.8. The number of fused-ring (bicyclic) bond motifs is 1. The predicted molar refractivity (Wildman–Crippen MR) is 136 cm³/mol. The van der Waals surface area contributed by atoms with E-state index in [1.807, 2.05) is 23.2 Å². The average Bonchev–Trinajstić information content (AvgIpc) is 3.47. The Morgan fingerprint density at radius 1 is 1.19 bits per heavy atom. The van der Waals surface area contributed by atoms with E-state index in [-0.39, 0.29) is 18.4 Å². The van der Waals surface area contributed by atoms with Gasteiger partial charge < -0.3 is 20.1 Å². The van der Waals surface area contributed by atoms with E-state index >= 15 is 0 Å². The van der Waals surface area contributed by atoms with Crippen LogP contribution in [0, 0.1) is 6.92 Å². The van der Waals surface area contributed by atoms with Crippen molar-refractivity contribution in [2.45, 2.75) is 6.92 Å². The highest BCUT2D eigenvalue weighted by Crippen LogP contribution is 2.35. The van der Waals surface area contributed by atoms with Gasteiger partial charge in [0.05, 0.1) is 72.3 Å². The van der Waals surface area contributed by atoms with Gasteiger partial charge in [0, 0.05) is 25.5 Å². The summed E-state index contributed by atoms with van der Waals surface area (Å²) in [6.45, 7) is 4.76. The van der Waals surface area contributed by atoms with Gasteiger partial charge in [0.15, 0.2) is 0 Å². The fourth-order valence-corrected chi connectivity index (χ4v) is 4.96. The minimum absolute atomic E-state index is 0.143. The summed E-state index contributed by atoms with van der Waals surface area (Å²) in [6.07, 6.45) is 6.61. The van der Waals surface area contributed by atoms with Crippen LogP contribution in [0.3, 0.4) is 0 Å². The van der Waals surface area contributed by atoms with Crippen LogP contribution in [0.25, 0.3) is 15.3 Å². The second-order valence-electron chi connectivity index (χ2n) is 8.21. The van der Waals surface area contributed by atoms with Gasteiger partial charge in [-0.1, -0.05) is 0 Å². The zero-order valence-corrected chi connectivity index (χ0v) is 20.7. The lowest BCUT2D eigenvalue weighted by atomic mass is 10.2. The molecule has 4 aromatic rings. The molecule has 0 spiro atoms. The number of thiazole rings is 1. The van der Waals surface area contributed by atoms with E-state index in [0.29, 0.717) is 46.6 Å². The Kier molecular flexibility index (Phi) is 6.89. The van der Waals surface area contributed by atoms with Crippen LogP contribution < -0.4 is 15.4 Å². The lowest BCUT2D eigenvalue weighted by Gasteiger charge is -2.25. The molecule has 1 saturated heterocycles. The summed E-state index contributed by atoms with van der Waals surface area (Å²) in [7, 11) is 1.57. The smallest absolute Gasteiger partial charge is 0.260 e. The average molecular weight is 508 g/mol. The summed E-state index contributed by atoms with van der Waals surface area (Å²) in [5.74, 6) is 0.0375. The van der Waals surface area contributed by atoms with E-state index in [4.69, 9.17) is 9.47 Å². The standard InChI is InChI=1S/C24H25N7O4S/c1-15-19(10-16(11-26-15)28-21(32)14-30-6-8-35-9-7-30)29-22(33)18-12-27-31-13-20(36-24(18)31)17-4-3-5-25-23(17)34-2/h3-5,10-13H,6-9,14H2,1-2H3,(H,28,32)(H,29,33). The molecule has 0 atom stereocenters. The summed E-state index contributed by atoms with van der Waals surface area (Å²) >= 11 is 1.42. The Bertz CT molecular complexity index is 1410. The quantitative estimate of drug-likeness (QED) is 0.392. The number of nitrogens with zero attached hydrogens (tertiary/aromatic N) is 5. The molecule has 0 aromatic carbocycles. The molecule has 1 aliphatic rings. The third-order valence-corrected chi connectivity index (χ3v) is 6.91. The summed E-state index contributed by atoms with van der Waals surface area (Å²) < 4.78 is 12.3. The van der Waals surface area contributed by atoms with Gasteiger partial charge in [0.25, 0.3) is 5.91 Å². The van der Waals surface area contributed by atoms with Crippen LogP contribution in [-0.2, 0) is 9.53 Å². The minimum atomic E-state index is -0.321. The van der Waals surface area contributed by atoms with Crippen molar-refractivity contribution < 1.29 is 19.1 Å². The Balaban J connectivity index is 1.32. The van der Waals surface area contributed by atoms with Crippen LogP contribution in [-0.4, -0.2) is 76.3 Å². The first-order valence-corrected chi connectivity index (χ1v) is 12.2. The Morgan fingerprint density at radius 2 is 2.03 bits per heavy atom. The number of rotatable bonds is 7. The molecule has 12 heteroatoms. The predicted octanol–water partition coefficient (Wildman–Crippen LogP) is 2.69. The number of pyridine rings is 2. The Morgan fingerprint density at radius 3 is 2.83 bits per heavy atom. The Labute approximate surface area is 211 Å². The number of carbonyl (C=O) groups excluding carboxylic acids is 2. The number of hydrogen-bond donors (Lipinski definition) is 2. The number of hydrogen-bond acceptors (Lipinski definition) is 9. The number of aryl methyl sites for hydroxylation is 1. The van der Waals surface area contributed by atoms with Gasteiger partial charge >= 0.3 is 0 Å². The molecular weight excluding hydrogens is 482 g/mol. The van der Waals surface area contributed by atoms with Crippen LogP contribution in [0.4, 0.5) is 11.4 Å². The molecule has 0 unspecified atom stereocenters. The topological polar surface area (TPSA) is 123 Å². The van der Waals surface area contributed by atoms with Gasteiger partial charge in [-0.05, 0) is 25.1 Å². The fraction of sp³-hybridized carbons (Fsp3) is 0.292. The summed E-state index contributed by atoms with van der Waals surface area (Å²) in [5.41, 5.74) is 2.90. The summed E-state index contributed by atoms with van der Waals surface area (Å²) in [5, 5.41) is 10.1. The molecule has 0 aliphatic carbocycles. The molecule has 0 bridgehead atoms. The van der Waals surface area contributed by atoms with E-state index in [0.717, 1.165) is 23.5 Å². The number of amides is 2. The Hall–Kier alpha value is -3.87. The van der Waals surface area contributed by atoms with Crippen molar-refractivity contribution in [3.63, 3.8) is 0 Å². The third kappa shape index (κ3) is 5.05. The maximum atomic E-state index is 13.2. The van der Waals surface area contributed by atoms with Crippen LogP contribution in [0.1, 0.15) is 16.1 Å². The molecule has 5 rings (SSSR count). The van der Waals surface area contributed by atoms with Crippen molar-refractivity contribution in [2.75, 3.05) is 50.6 Å². The van der Waals surface area contributed by atoms with Crippen molar-refractivity contribution in [1.29, 1.82) is 0 Å². The van der Waals surface area contributed by atoms with Crippen LogP contribution in [0.2, 0.25) is 0 Å². The molecule has 4 aromatic heterocycles. The fourth-order valence-electron chi connectivity index (χ4n) is 3.89. The van der Waals surface area contributed by atoms with Crippen molar-refractivity contribution in [1.82, 2.24) is 24.5 Å². The van der Waals surface area contributed by atoms with Gasteiger partial charge in [-0.3, -0.25) is 19.5 Å². The van der Waals surface area contributed by atoms with Crippen molar-refractivity contribution >= 4 is 39.4 Å². The monoisotopic (exact) mass is 507 g/mol. The highest BCUT2D eigenvalue weighted by molar-refractivity contribution is 7.21. The van der Waals surface area contributed by atoms with E-state index < -0.39 is 0 Å². The molecule has 2 N–H and O–H groups in total. The van der Waals surface area contributed by atoms with Crippen LogP contribution in [0.5, 0.6) is 5.88 Å². The SMILES string of the molecule is COc1ncccc1-c1cn2ncc(C(=O)Nc3cc(NC(=O)CN4CCOCC4)cnc3C)c2s1. The number of carbonyl (C=O) groups is 2. The normalized spacial score (nSPS) is 14.1. The third-order valence-electron chi connectivity index (χ3n) is 5.76. The lowest BCUT2D eigenvalue weighted by molar-refractivity contribution is -0.118. The molecule has 1 fully saturated rings. The van der Waals surface area contributed by atoms with Gasteiger partial charge in [-0.25, -0.2) is 9.50 Å². The van der Waals surface area contributed by atoms with Crippen LogP contribution in [0.15, 0.2) is 43.0 Å². The zero-order valence-electron chi connectivity index (χ0n) is 19.9. The second-order valence-corrected chi connectivity index (χ2v) is 9.24. The lowest BCUT2D eigenvalue weighted by Crippen LogP contribution is -2.41. The molecule has 5 heterocycles. The minimum Gasteiger partial charge on any atom is -0.481 e. The van der Waals surface area contributed by atoms with E-state index in [2.05, 4.69) is 25.7 Å². The van der Waals surface area contributed by atoms with Gasteiger partial charge in [-0.2, -0.15) is 5.10 Å². The molecule has 2 amide bonds. The second kappa shape index (κ2) is 10.4. The molecule has 186 valence electrons. The first kappa shape index (κ1) is 23.9. The highest BCUT2D eigenvalue weighted by Gasteiger charge is 2.20. The number of morpholine rings is 1. The van der Waals surface area contributed by atoms with Crippen LogP contribution >= 0.6 is 11.3 Å². The number of nitrogens with one attached hydrogen (secondary N) is 2. The van der Waals surface area contributed by atoms with Gasteiger partial charge in [-0.15, -0.1) is 11.3 Å². The first-order valence-electron chi connectivity index (χ1n) is 11.4. The highest BCUT2D eigenvalue weighted by atomic mass is 32.1. The first-order chi connectivity index (χ1) is 17.5. The van der Waals surface area contributed by atoms with E-state index in [9.17, 15) is 9.59 Å². The number of aromatic nitrogens is 4. The van der Waals surface area contributed by atoms with E-state index in [1.165, 1.54) is 17.5 Å². The zero-order chi connectivity index (χ0) is 25.1. The molecule has 1 aliphatic heterocycles. The molecule has 36 heavy (non-hydrogen) atoms. The maximum Gasteiger partial charge on any atom is 0.260 e. The molecule has 0 radical (unpaired) electrons. The van der Waals surface area contributed by atoms with Crippen molar-refractivity contribution in [3.05, 3.63) is 54.2 Å². The number of methoxy groups -OCH3 is 1. The summed E-state index contributed by atoms with van der Waals surface area (Å²) in [6, 6.07) is 5.44. The van der Waals surface area contributed by atoms with Crippen molar-refractivity contribution in [3.8, 4) is 16.3 Å². The largest absolute Gasteiger partial charge is 0.481 e. The molecule has 0 saturated carbocycles. The van der Waals surface area contributed by atoms with Crippen molar-refractivity contribution in [2.24, 2.45) is 0 Å². The number of ether oxygens (including phenoxy) is 2. The van der Waals surface area contributed by atoms with E-state index in [1.54, 1.807) is 37.0 Å². The molecular formula is C24H25N7O4S. The van der Waals surface area contributed by atoms with Gasteiger partial charge in [0.1, 0.15) is 4.83 Å². The molecule has 11 nitrogen and oxygen atoms in total. The van der Waals surface area contributed by atoms with Gasteiger partial charge in [0.2, 0.25) is 11.8 Å². The maximum absolute atomic E-state index is 13.2. The number of anilines is 2.